The van der Waals surface area contributed by atoms with E-state index >= 15 is 0 Å². The van der Waals surface area contributed by atoms with Crippen LogP contribution >= 0.6 is 23.2 Å². The first-order chi connectivity index (χ1) is 13.1. The van der Waals surface area contributed by atoms with Crippen molar-refractivity contribution in [2.75, 3.05) is 17.1 Å². The van der Waals surface area contributed by atoms with E-state index in [0.717, 1.165) is 16.1 Å². The smallest absolute Gasteiger partial charge is 0.243 e. The summed E-state index contributed by atoms with van der Waals surface area (Å²) in [5, 5.41) is 3.20. The summed E-state index contributed by atoms with van der Waals surface area (Å²) in [5.41, 5.74) is 1.10. The van der Waals surface area contributed by atoms with Crippen molar-refractivity contribution in [2.24, 2.45) is 0 Å². The molecule has 0 fully saturated rings. The minimum Gasteiger partial charge on any atom is -0.354 e. The Hall–Kier alpha value is -1.83. The number of amides is 1. The van der Waals surface area contributed by atoms with Gasteiger partial charge in [0.25, 0.3) is 0 Å². The zero-order chi connectivity index (χ0) is 20.9. The summed E-state index contributed by atoms with van der Waals surface area (Å²) in [6.07, 6.45) is 2.29. The minimum atomic E-state index is -3.79. The first kappa shape index (κ1) is 22.5. The molecule has 0 unspecified atom stereocenters. The summed E-state index contributed by atoms with van der Waals surface area (Å²) in [4.78, 5) is 12.5. The molecule has 0 aliphatic rings. The van der Waals surface area contributed by atoms with Crippen LogP contribution in [0.4, 0.5) is 10.1 Å². The predicted octanol–water partition coefficient (Wildman–Crippen LogP) is 4.04. The van der Waals surface area contributed by atoms with Crippen molar-refractivity contribution in [1.82, 2.24) is 5.32 Å². The van der Waals surface area contributed by atoms with Gasteiger partial charge in [-0.3, -0.25) is 9.10 Å². The third-order valence-corrected chi connectivity index (χ3v) is 5.87. The van der Waals surface area contributed by atoms with Crippen LogP contribution in [0, 0.1) is 5.82 Å². The van der Waals surface area contributed by atoms with Crippen LogP contribution in [0.15, 0.2) is 42.5 Å². The van der Waals surface area contributed by atoms with Gasteiger partial charge in [0, 0.05) is 11.6 Å². The molecule has 9 heteroatoms. The molecule has 28 heavy (non-hydrogen) atoms. The highest BCUT2D eigenvalue weighted by Gasteiger charge is 2.30. The molecule has 1 N–H and O–H groups in total. The highest BCUT2D eigenvalue weighted by molar-refractivity contribution is 7.92. The van der Waals surface area contributed by atoms with Gasteiger partial charge in [-0.25, -0.2) is 12.8 Å². The van der Waals surface area contributed by atoms with Gasteiger partial charge in [0.1, 0.15) is 11.9 Å². The summed E-state index contributed by atoms with van der Waals surface area (Å²) >= 11 is 12.1. The number of carbonyl (C=O) groups is 1. The molecular weight excluding hydrogens is 426 g/mol. The molecule has 0 saturated heterocycles. The van der Waals surface area contributed by atoms with Crippen molar-refractivity contribution in [1.29, 1.82) is 0 Å². The normalized spacial score (nSPS) is 12.5. The van der Waals surface area contributed by atoms with Gasteiger partial charge in [-0.2, -0.15) is 0 Å². The lowest BCUT2D eigenvalue weighted by Gasteiger charge is -2.29. The number of carbonyl (C=O) groups excluding carboxylic acids is 1. The third-order valence-electron chi connectivity index (χ3n) is 4.09. The lowest BCUT2D eigenvalue weighted by atomic mass is 10.1. The van der Waals surface area contributed by atoms with Crippen LogP contribution in [0.25, 0.3) is 0 Å². The zero-order valence-corrected chi connectivity index (χ0v) is 17.8. The fraction of sp³-hybridized carbons (Fsp3) is 0.316. The predicted molar refractivity (Wildman–Crippen MR) is 111 cm³/mol. The molecule has 2 aromatic carbocycles. The Kier molecular flexibility index (Phi) is 7.69. The standard InChI is InChI=1S/C19H21Cl2FN2O3S/c1-13(19(25)23-11-3-4-14-5-8-16(22)9-6-14)24(28(2,26)27)18-12-15(20)7-10-17(18)21/h5-10,12-13H,3-4,11H2,1-2H3,(H,23,25)/t13-/m0/s1. The second-order valence-corrected chi connectivity index (χ2v) is 9.05. The maximum absolute atomic E-state index is 12.9. The quantitative estimate of drug-likeness (QED) is 0.622. The van der Waals surface area contributed by atoms with Gasteiger partial charge in [0.15, 0.2) is 0 Å². The molecule has 152 valence electrons. The maximum atomic E-state index is 12.9. The molecular formula is C19H21Cl2FN2O3S. The number of anilines is 1. The number of benzene rings is 2. The van der Waals surface area contributed by atoms with Gasteiger partial charge >= 0.3 is 0 Å². The molecule has 0 heterocycles. The van der Waals surface area contributed by atoms with E-state index in [1.807, 2.05) is 0 Å². The number of halogens is 3. The van der Waals surface area contributed by atoms with Crippen molar-refractivity contribution in [3.63, 3.8) is 0 Å². The third kappa shape index (κ3) is 6.09. The second-order valence-electron chi connectivity index (χ2n) is 6.35. The van der Waals surface area contributed by atoms with Crippen LogP contribution in [0.3, 0.4) is 0 Å². The lowest BCUT2D eigenvalue weighted by Crippen LogP contribution is -2.48. The minimum absolute atomic E-state index is 0.144. The van der Waals surface area contributed by atoms with E-state index in [0.29, 0.717) is 24.4 Å². The molecule has 0 bridgehead atoms. The average molecular weight is 447 g/mol. The lowest BCUT2D eigenvalue weighted by molar-refractivity contribution is -0.121. The summed E-state index contributed by atoms with van der Waals surface area (Å²) in [5.74, 6) is -0.757. The first-order valence-electron chi connectivity index (χ1n) is 8.56. The molecule has 1 atom stereocenters. The Morgan fingerprint density at radius 3 is 2.43 bits per heavy atom. The maximum Gasteiger partial charge on any atom is 0.243 e. The number of nitrogens with one attached hydrogen (secondary N) is 1. The van der Waals surface area contributed by atoms with Gasteiger partial charge in [-0.1, -0.05) is 35.3 Å². The number of hydrogen-bond acceptors (Lipinski definition) is 3. The zero-order valence-electron chi connectivity index (χ0n) is 15.5. The molecule has 2 aromatic rings. The largest absolute Gasteiger partial charge is 0.354 e. The summed E-state index contributed by atoms with van der Waals surface area (Å²) in [7, 11) is -3.79. The molecule has 0 radical (unpaired) electrons. The van der Waals surface area contributed by atoms with Gasteiger partial charge in [-0.15, -0.1) is 0 Å². The second kappa shape index (κ2) is 9.58. The molecule has 0 aromatic heterocycles. The number of nitrogens with zero attached hydrogens (tertiary/aromatic N) is 1. The van der Waals surface area contributed by atoms with E-state index < -0.39 is 22.0 Å². The average Bonchev–Trinajstić information content (AvgIpc) is 2.62. The number of aryl methyl sites for hydroxylation is 1. The van der Waals surface area contributed by atoms with Crippen LogP contribution in [0.5, 0.6) is 0 Å². The Morgan fingerprint density at radius 2 is 1.82 bits per heavy atom. The van der Waals surface area contributed by atoms with E-state index in [4.69, 9.17) is 23.2 Å². The fourth-order valence-corrected chi connectivity index (χ4v) is 4.34. The van der Waals surface area contributed by atoms with Crippen molar-refractivity contribution >= 4 is 44.8 Å². The summed E-state index contributed by atoms with van der Waals surface area (Å²) in [6, 6.07) is 9.54. The van der Waals surface area contributed by atoms with Crippen LogP contribution in [0.1, 0.15) is 18.9 Å². The van der Waals surface area contributed by atoms with E-state index in [1.165, 1.54) is 37.3 Å². The van der Waals surface area contributed by atoms with E-state index in [-0.39, 0.29) is 16.5 Å². The summed E-state index contributed by atoms with van der Waals surface area (Å²) < 4.78 is 38.5. The van der Waals surface area contributed by atoms with Crippen molar-refractivity contribution in [3.05, 3.63) is 63.9 Å². The molecule has 2 rings (SSSR count). The molecule has 1 amide bonds. The fourth-order valence-electron chi connectivity index (χ4n) is 2.74. The Morgan fingerprint density at radius 1 is 1.18 bits per heavy atom. The van der Waals surface area contributed by atoms with E-state index in [2.05, 4.69) is 5.32 Å². The van der Waals surface area contributed by atoms with Gasteiger partial charge in [0.05, 0.1) is 17.0 Å². The van der Waals surface area contributed by atoms with Crippen LogP contribution in [0.2, 0.25) is 10.0 Å². The van der Waals surface area contributed by atoms with Gasteiger partial charge in [-0.05, 0) is 55.7 Å². The molecule has 5 nitrogen and oxygen atoms in total. The number of rotatable bonds is 8. The van der Waals surface area contributed by atoms with Crippen LogP contribution in [-0.2, 0) is 21.2 Å². The van der Waals surface area contributed by atoms with E-state index in [9.17, 15) is 17.6 Å². The SMILES string of the molecule is C[C@@H](C(=O)NCCCc1ccc(F)cc1)N(c1cc(Cl)ccc1Cl)S(C)(=O)=O. The molecule has 0 spiro atoms. The summed E-state index contributed by atoms with van der Waals surface area (Å²) in [6.45, 7) is 1.83. The monoisotopic (exact) mass is 446 g/mol. The Labute approximate surface area is 174 Å². The van der Waals surface area contributed by atoms with E-state index in [1.54, 1.807) is 12.1 Å². The van der Waals surface area contributed by atoms with Crippen molar-refractivity contribution < 1.29 is 17.6 Å². The van der Waals surface area contributed by atoms with Gasteiger partial charge < -0.3 is 5.32 Å². The van der Waals surface area contributed by atoms with Gasteiger partial charge in [0.2, 0.25) is 15.9 Å². The topological polar surface area (TPSA) is 66.5 Å². The molecule has 0 saturated carbocycles. The first-order valence-corrected chi connectivity index (χ1v) is 11.2. The van der Waals surface area contributed by atoms with Crippen molar-refractivity contribution in [3.8, 4) is 0 Å². The number of sulfonamides is 1. The van der Waals surface area contributed by atoms with Crippen molar-refractivity contribution in [2.45, 2.75) is 25.8 Å². The number of hydrogen-bond donors (Lipinski definition) is 1. The highest BCUT2D eigenvalue weighted by Crippen LogP contribution is 2.32. The van der Waals surface area contributed by atoms with Crippen LogP contribution < -0.4 is 9.62 Å². The molecule has 0 aliphatic carbocycles. The van der Waals surface area contributed by atoms with Crippen LogP contribution in [-0.4, -0.2) is 33.2 Å². The Bertz CT molecular complexity index is 937. The Balaban J connectivity index is 2.03. The molecule has 0 aliphatic heterocycles. The highest BCUT2D eigenvalue weighted by atomic mass is 35.5.